The number of rotatable bonds is 10. The van der Waals surface area contributed by atoms with Crippen LogP contribution in [0.25, 0.3) is 55.0 Å². The van der Waals surface area contributed by atoms with Gasteiger partial charge >= 0.3 is 0 Å². The Bertz CT molecular complexity index is 4070. The first kappa shape index (κ1) is 47.8. The lowest BCUT2D eigenvalue weighted by Crippen LogP contribution is -2.17. The quantitative estimate of drug-likeness (QED) is 0.136. The Hall–Kier alpha value is -8.22. The molecule has 2 heterocycles. The standard InChI is InChI=1S/C68H55Cl2N3O2/c1-67(2,3)46-29-33-49(34-30-46)72(59-40-48(69)41-60(66(59)70)73(50-35-31-47(32-36-50)68(4,5)6)58-25-16-28-64-65(58)56-24-11-13-27-62(56)75-64)53-22-15-21-52(42-53)71(51-20-14-19-45(39-51)44-17-8-7-9-18-44)54-37-38-63-57(43-54)55-23-10-12-26-61(55)74-63/h7-43H,1-6H3. The van der Waals surface area contributed by atoms with E-state index in [1.807, 2.05) is 48.5 Å². The van der Waals surface area contributed by atoms with Gasteiger partial charge in [0.05, 0.1) is 27.5 Å². The van der Waals surface area contributed by atoms with Crippen LogP contribution in [0.5, 0.6) is 0 Å². The summed E-state index contributed by atoms with van der Waals surface area (Å²) < 4.78 is 12.9. The highest BCUT2D eigenvalue weighted by atomic mass is 35.5. The lowest BCUT2D eigenvalue weighted by Gasteiger charge is -2.33. The van der Waals surface area contributed by atoms with Crippen molar-refractivity contribution >= 4 is 118 Å². The molecule has 0 aliphatic carbocycles. The van der Waals surface area contributed by atoms with Crippen molar-refractivity contribution in [1.29, 1.82) is 0 Å². The highest BCUT2D eigenvalue weighted by Gasteiger charge is 2.28. The molecule has 0 saturated carbocycles. The van der Waals surface area contributed by atoms with E-state index in [9.17, 15) is 0 Å². The van der Waals surface area contributed by atoms with Crippen LogP contribution < -0.4 is 14.7 Å². The largest absolute Gasteiger partial charge is 0.456 e. The molecular weight excluding hydrogens is 962 g/mol. The van der Waals surface area contributed by atoms with Gasteiger partial charge in [-0.15, -0.1) is 0 Å². The first-order chi connectivity index (χ1) is 36.3. The smallest absolute Gasteiger partial charge is 0.137 e. The fraction of sp³-hybridized carbons (Fsp3) is 0.118. The van der Waals surface area contributed by atoms with Crippen molar-refractivity contribution in [3.8, 4) is 11.1 Å². The highest BCUT2D eigenvalue weighted by Crippen LogP contribution is 2.52. The molecule has 0 atom stereocenters. The average molecular weight is 1020 g/mol. The maximum atomic E-state index is 8.10. The van der Waals surface area contributed by atoms with E-state index in [-0.39, 0.29) is 10.8 Å². The van der Waals surface area contributed by atoms with Crippen molar-refractivity contribution < 1.29 is 8.83 Å². The molecule has 12 aromatic rings. The predicted octanol–water partition coefficient (Wildman–Crippen LogP) is 21.5. The van der Waals surface area contributed by atoms with E-state index in [4.69, 9.17) is 32.0 Å². The number of fused-ring (bicyclic) bond motifs is 6. The first-order valence-electron chi connectivity index (χ1n) is 25.4. The monoisotopic (exact) mass is 1020 g/mol. The Morgan fingerprint density at radius 1 is 0.320 bits per heavy atom. The van der Waals surface area contributed by atoms with E-state index < -0.39 is 0 Å². The molecule has 0 unspecified atom stereocenters. The van der Waals surface area contributed by atoms with E-state index in [1.54, 1.807) is 0 Å². The SMILES string of the molecule is CC(C)(C)c1ccc(N(c2cccc(N(c3cccc(-c4ccccc4)c3)c3ccc4oc5ccccc5c4c3)c2)c2cc(Cl)cc(N(c3ccc(C(C)(C)C)cc3)c3cccc4oc5ccccc5c34)c2Cl)cc1. The lowest BCUT2D eigenvalue weighted by molar-refractivity contribution is 0.590. The van der Waals surface area contributed by atoms with Gasteiger partial charge in [0.25, 0.3) is 0 Å². The van der Waals surface area contributed by atoms with Crippen molar-refractivity contribution in [3.63, 3.8) is 0 Å². The molecule has 12 rings (SSSR count). The van der Waals surface area contributed by atoms with Gasteiger partial charge in [-0.2, -0.15) is 0 Å². The van der Waals surface area contributed by atoms with Gasteiger partial charge in [0.1, 0.15) is 22.3 Å². The zero-order valence-corrected chi connectivity index (χ0v) is 44.3. The number of nitrogens with zero attached hydrogens (tertiary/aromatic N) is 3. The number of halogens is 2. The number of hydrogen-bond acceptors (Lipinski definition) is 5. The third kappa shape index (κ3) is 8.96. The Balaban J connectivity index is 1.08. The van der Waals surface area contributed by atoms with Crippen molar-refractivity contribution in [2.24, 2.45) is 0 Å². The number of para-hydroxylation sites is 2. The van der Waals surface area contributed by atoms with Crippen LogP contribution in [0, 0.1) is 0 Å². The molecule has 7 heteroatoms. The zero-order valence-electron chi connectivity index (χ0n) is 42.8. The minimum Gasteiger partial charge on any atom is -0.456 e. The molecule has 0 aliphatic heterocycles. The van der Waals surface area contributed by atoms with Gasteiger partial charge in [-0.1, -0.05) is 180 Å². The van der Waals surface area contributed by atoms with E-state index >= 15 is 0 Å². The van der Waals surface area contributed by atoms with Crippen LogP contribution in [-0.2, 0) is 10.8 Å². The molecule has 75 heavy (non-hydrogen) atoms. The Morgan fingerprint density at radius 3 is 1.45 bits per heavy atom. The molecule has 10 aromatic carbocycles. The van der Waals surface area contributed by atoms with Crippen molar-refractivity contribution in [2.75, 3.05) is 14.7 Å². The normalized spacial score (nSPS) is 12.0. The van der Waals surface area contributed by atoms with Gasteiger partial charge in [-0.25, -0.2) is 0 Å². The Morgan fingerprint density at radius 2 is 0.787 bits per heavy atom. The summed E-state index contributed by atoms with van der Waals surface area (Å²) in [5.41, 5.74) is 15.8. The van der Waals surface area contributed by atoms with E-state index in [2.05, 4.69) is 232 Å². The zero-order chi connectivity index (χ0) is 51.6. The minimum atomic E-state index is -0.0678. The molecule has 0 bridgehead atoms. The molecule has 0 radical (unpaired) electrons. The van der Waals surface area contributed by atoms with E-state index in [0.29, 0.717) is 21.4 Å². The van der Waals surface area contributed by atoms with Crippen molar-refractivity contribution in [3.05, 3.63) is 246 Å². The number of hydrogen-bond donors (Lipinski definition) is 0. The summed E-state index contributed by atoms with van der Waals surface area (Å²) in [5.74, 6) is 0. The fourth-order valence-electron chi connectivity index (χ4n) is 10.4. The average Bonchev–Trinajstić information content (AvgIpc) is 4.00. The second kappa shape index (κ2) is 18.9. The van der Waals surface area contributed by atoms with E-state index in [0.717, 1.165) is 94.8 Å². The van der Waals surface area contributed by atoms with Gasteiger partial charge in [0, 0.05) is 55.3 Å². The van der Waals surface area contributed by atoms with Crippen LogP contribution in [0.4, 0.5) is 51.2 Å². The van der Waals surface area contributed by atoms with Crippen LogP contribution in [0.3, 0.4) is 0 Å². The molecule has 0 N–H and O–H groups in total. The van der Waals surface area contributed by atoms with Crippen LogP contribution in [0.15, 0.2) is 233 Å². The molecule has 0 spiro atoms. The van der Waals surface area contributed by atoms with Gasteiger partial charge in [0.15, 0.2) is 0 Å². The van der Waals surface area contributed by atoms with Crippen LogP contribution in [0.1, 0.15) is 52.7 Å². The second-order valence-electron chi connectivity index (χ2n) is 21.3. The summed E-state index contributed by atoms with van der Waals surface area (Å²) in [4.78, 5) is 6.78. The third-order valence-electron chi connectivity index (χ3n) is 14.3. The van der Waals surface area contributed by atoms with E-state index in [1.165, 1.54) is 11.1 Å². The maximum absolute atomic E-state index is 8.10. The Labute approximate surface area is 448 Å². The van der Waals surface area contributed by atoms with Gasteiger partial charge in [-0.3, -0.25) is 0 Å². The highest BCUT2D eigenvalue weighted by molar-refractivity contribution is 6.39. The van der Waals surface area contributed by atoms with Crippen LogP contribution in [0.2, 0.25) is 10.0 Å². The molecule has 0 fully saturated rings. The predicted molar refractivity (Wildman–Crippen MR) is 318 cm³/mol. The summed E-state index contributed by atoms with van der Waals surface area (Å²) in [5, 5.41) is 5.13. The van der Waals surface area contributed by atoms with Gasteiger partial charge < -0.3 is 23.5 Å². The first-order valence-corrected chi connectivity index (χ1v) is 26.2. The minimum absolute atomic E-state index is 0.0523. The van der Waals surface area contributed by atoms with Crippen LogP contribution in [-0.4, -0.2) is 0 Å². The number of anilines is 9. The molecule has 368 valence electrons. The number of furan rings is 2. The number of benzene rings is 10. The Kier molecular flexibility index (Phi) is 12.1. The fourth-order valence-corrected chi connectivity index (χ4v) is 10.9. The van der Waals surface area contributed by atoms with Crippen molar-refractivity contribution in [2.45, 2.75) is 52.4 Å². The molecule has 0 aliphatic rings. The second-order valence-corrected chi connectivity index (χ2v) is 22.1. The maximum Gasteiger partial charge on any atom is 0.137 e. The van der Waals surface area contributed by atoms with Gasteiger partial charge in [0.2, 0.25) is 0 Å². The molecular formula is C68H55Cl2N3O2. The van der Waals surface area contributed by atoms with Crippen LogP contribution >= 0.6 is 23.2 Å². The summed E-state index contributed by atoms with van der Waals surface area (Å²) in [6.45, 7) is 13.4. The summed E-state index contributed by atoms with van der Waals surface area (Å²) in [7, 11) is 0. The molecule has 5 nitrogen and oxygen atoms in total. The summed E-state index contributed by atoms with van der Waals surface area (Å²) in [6.07, 6.45) is 0. The molecule has 2 aromatic heterocycles. The topological polar surface area (TPSA) is 36.0 Å². The third-order valence-corrected chi connectivity index (χ3v) is 14.9. The van der Waals surface area contributed by atoms with Crippen molar-refractivity contribution in [1.82, 2.24) is 0 Å². The summed E-state index contributed by atoms with van der Waals surface area (Å²) in [6, 6.07) is 78.5. The molecule has 0 amide bonds. The summed E-state index contributed by atoms with van der Waals surface area (Å²) >= 11 is 15.6. The van der Waals surface area contributed by atoms with Gasteiger partial charge in [-0.05, 0) is 142 Å². The lowest BCUT2D eigenvalue weighted by atomic mass is 9.87. The molecule has 0 saturated heterocycles.